The van der Waals surface area contributed by atoms with Gasteiger partial charge in [-0.1, -0.05) is 26.0 Å². The molecule has 5 heteroatoms. The van der Waals surface area contributed by atoms with E-state index in [0.717, 1.165) is 22.3 Å². The standard InChI is InChI=1S/C19H22N2O2S/c1-12(2)16-7-6-13(3)19(10-16)24(22,23)21-11-20-17-8-14(4)15(5)9-18(17)21/h6-12H,1-5H3. The minimum absolute atomic E-state index is 0.268. The molecule has 4 nitrogen and oxygen atoms in total. The van der Waals surface area contributed by atoms with Crippen LogP contribution in [0.1, 0.15) is 42.0 Å². The maximum absolute atomic E-state index is 13.2. The Morgan fingerprint density at radius 3 is 2.29 bits per heavy atom. The maximum Gasteiger partial charge on any atom is 0.269 e. The van der Waals surface area contributed by atoms with Crippen molar-refractivity contribution in [3.8, 4) is 0 Å². The fraction of sp³-hybridized carbons (Fsp3) is 0.316. The van der Waals surface area contributed by atoms with Gasteiger partial charge in [0.15, 0.2) is 0 Å². The van der Waals surface area contributed by atoms with Gasteiger partial charge in [-0.25, -0.2) is 17.4 Å². The summed E-state index contributed by atoms with van der Waals surface area (Å²) in [5, 5.41) is 0. The van der Waals surface area contributed by atoms with Crippen LogP contribution in [-0.2, 0) is 10.0 Å². The number of hydrogen-bond acceptors (Lipinski definition) is 3. The minimum Gasteiger partial charge on any atom is -0.236 e. The molecule has 0 atom stereocenters. The lowest BCUT2D eigenvalue weighted by atomic mass is 10.0. The van der Waals surface area contributed by atoms with Crippen molar-refractivity contribution < 1.29 is 8.42 Å². The molecule has 1 aromatic heterocycles. The molecule has 24 heavy (non-hydrogen) atoms. The Labute approximate surface area is 143 Å². The lowest BCUT2D eigenvalue weighted by Crippen LogP contribution is -2.14. The van der Waals surface area contributed by atoms with Crippen LogP contribution in [0.15, 0.2) is 41.6 Å². The molecule has 0 fully saturated rings. The topological polar surface area (TPSA) is 52.0 Å². The van der Waals surface area contributed by atoms with Crippen molar-refractivity contribution in [2.45, 2.75) is 45.4 Å². The summed E-state index contributed by atoms with van der Waals surface area (Å²) in [4.78, 5) is 4.62. The first-order chi connectivity index (χ1) is 11.2. The van der Waals surface area contributed by atoms with Crippen LogP contribution in [0, 0.1) is 20.8 Å². The minimum atomic E-state index is -3.68. The molecule has 0 N–H and O–H groups in total. The first-order valence-corrected chi connectivity index (χ1v) is 9.46. The fourth-order valence-electron chi connectivity index (χ4n) is 2.79. The van der Waals surface area contributed by atoms with Gasteiger partial charge in [0.2, 0.25) is 0 Å². The van der Waals surface area contributed by atoms with E-state index in [1.54, 1.807) is 6.07 Å². The number of aryl methyl sites for hydroxylation is 3. The molecule has 126 valence electrons. The molecule has 0 bridgehead atoms. The highest BCUT2D eigenvalue weighted by Gasteiger charge is 2.23. The summed E-state index contributed by atoms with van der Waals surface area (Å²) in [6.07, 6.45) is 1.40. The van der Waals surface area contributed by atoms with Gasteiger partial charge in [-0.05, 0) is 67.1 Å². The number of fused-ring (bicyclic) bond motifs is 1. The number of benzene rings is 2. The molecule has 0 unspecified atom stereocenters. The van der Waals surface area contributed by atoms with Crippen LogP contribution in [0.25, 0.3) is 11.0 Å². The molecule has 2 aromatic carbocycles. The Morgan fingerprint density at radius 2 is 1.62 bits per heavy atom. The molecule has 3 rings (SSSR count). The predicted molar refractivity (Wildman–Crippen MR) is 97.1 cm³/mol. The molecule has 0 aliphatic heterocycles. The van der Waals surface area contributed by atoms with Gasteiger partial charge in [0, 0.05) is 0 Å². The molecule has 3 aromatic rings. The van der Waals surface area contributed by atoms with Crippen molar-refractivity contribution >= 4 is 21.1 Å². The van der Waals surface area contributed by atoms with Crippen LogP contribution in [0.5, 0.6) is 0 Å². The van der Waals surface area contributed by atoms with Crippen LogP contribution >= 0.6 is 0 Å². The Bertz CT molecular complexity index is 1030. The first kappa shape index (κ1) is 16.7. The summed E-state index contributed by atoms with van der Waals surface area (Å²) in [6, 6.07) is 9.45. The van der Waals surface area contributed by atoms with Crippen LogP contribution in [0.3, 0.4) is 0 Å². The molecule has 0 radical (unpaired) electrons. The predicted octanol–water partition coefficient (Wildman–Crippen LogP) is 4.32. The van der Waals surface area contributed by atoms with E-state index < -0.39 is 10.0 Å². The van der Waals surface area contributed by atoms with Crippen molar-refractivity contribution in [3.63, 3.8) is 0 Å². The quantitative estimate of drug-likeness (QED) is 0.712. The molecule has 1 heterocycles. The highest BCUT2D eigenvalue weighted by atomic mass is 32.2. The number of aromatic nitrogens is 2. The van der Waals surface area contributed by atoms with Crippen LogP contribution in [0.2, 0.25) is 0 Å². The third-order valence-electron chi connectivity index (χ3n) is 4.55. The summed E-state index contributed by atoms with van der Waals surface area (Å²) in [7, 11) is -3.68. The average Bonchev–Trinajstić information content (AvgIpc) is 2.91. The number of nitrogens with zero attached hydrogens (tertiary/aromatic N) is 2. The second-order valence-electron chi connectivity index (χ2n) is 6.65. The highest BCUT2D eigenvalue weighted by molar-refractivity contribution is 7.90. The zero-order chi connectivity index (χ0) is 17.6. The Morgan fingerprint density at radius 1 is 0.958 bits per heavy atom. The molecule has 0 saturated heterocycles. The van der Waals surface area contributed by atoms with Gasteiger partial charge in [-0.15, -0.1) is 0 Å². The van der Waals surface area contributed by atoms with Gasteiger partial charge < -0.3 is 0 Å². The summed E-state index contributed by atoms with van der Waals surface area (Å²) in [5.74, 6) is 0.268. The summed E-state index contributed by atoms with van der Waals surface area (Å²) in [5.41, 5.74) is 5.21. The van der Waals surface area contributed by atoms with Gasteiger partial charge in [-0.2, -0.15) is 0 Å². The zero-order valence-corrected chi connectivity index (χ0v) is 15.5. The van der Waals surface area contributed by atoms with Crippen molar-refractivity contribution in [2.24, 2.45) is 0 Å². The van der Waals surface area contributed by atoms with E-state index >= 15 is 0 Å². The van der Waals surface area contributed by atoms with Crippen molar-refractivity contribution in [1.82, 2.24) is 8.96 Å². The third kappa shape index (κ3) is 2.63. The highest BCUT2D eigenvalue weighted by Crippen LogP contribution is 2.27. The lowest BCUT2D eigenvalue weighted by Gasteiger charge is -2.13. The number of imidazole rings is 1. The molecule has 0 aliphatic carbocycles. The molecular weight excluding hydrogens is 320 g/mol. The summed E-state index contributed by atoms with van der Waals surface area (Å²) < 4.78 is 27.7. The second kappa shape index (κ2) is 5.74. The average molecular weight is 342 g/mol. The monoisotopic (exact) mass is 342 g/mol. The van der Waals surface area contributed by atoms with E-state index in [4.69, 9.17) is 0 Å². The van der Waals surface area contributed by atoms with E-state index in [1.165, 1.54) is 10.3 Å². The van der Waals surface area contributed by atoms with E-state index in [0.29, 0.717) is 15.9 Å². The van der Waals surface area contributed by atoms with Gasteiger partial charge in [0.25, 0.3) is 10.0 Å². The van der Waals surface area contributed by atoms with Crippen molar-refractivity contribution in [1.29, 1.82) is 0 Å². The van der Waals surface area contributed by atoms with E-state index in [-0.39, 0.29) is 5.92 Å². The smallest absolute Gasteiger partial charge is 0.236 e. The van der Waals surface area contributed by atoms with E-state index in [1.807, 2.05) is 45.0 Å². The Kier molecular flexibility index (Phi) is 4.00. The molecule has 0 saturated carbocycles. The lowest BCUT2D eigenvalue weighted by molar-refractivity contribution is 0.588. The molecular formula is C19H22N2O2S. The fourth-order valence-corrected chi connectivity index (χ4v) is 4.34. The molecule has 0 spiro atoms. The van der Waals surface area contributed by atoms with Gasteiger partial charge in [0.1, 0.15) is 6.33 Å². The summed E-state index contributed by atoms with van der Waals surface area (Å²) in [6.45, 7) is 9.91. The number of rotatable bonds is 3. The van der Waals surface area contributed by atoms with Gasteiger partial charge in [-0.3, -0.25) is 0 Å². The van der Waals surface area contributed by atoms with Gasteiger partial charge >= 0.3 is 0 Å². The molecule has 0 aliphatic rings. The molecule has 0 amide bonds. The summed E-state index contributed by atoms with van der Waals surface area (Å²) >= 11 is 0. The Balaban J connectivity index is 2.26. The first-order valence-electron chi connectivity index (χ1n) is 8.02. The van der Waals surface area contributed by atoms with E-state index in [2.05, 4.69) is 18.8 Å². The number of hydrogen-bond donors (Lipinski definition) is 0. The third-order valence-corrected chi connectivity index (χ3v) is 6.35. The zero-order valence-electron chi connectivity index (χ0n) is 14.7. The SMILES string of the molecule is Cc1cc2ncn(S(=O)(=O)c3cc(C(C)C)ccc3C)c2cc1C. The normalized spacial score (nSPS) is 12.2. The van der Waals surface area contributed by atoms with Crippen LogP contribution < -0.4 is 0 Å². The van der Waals surface area contributed by atoms with Crippen molar-refractivity contribution in [3.05, 3.63) is 58.9 Å². The second-order valence-corrected chi connectivity index (χ2v) is 8.43. The van der Waals surface area contributed by atoms with Crippen molar-refractivity contribution in [2.75, 3.05) is 0 Å². The Hall–Kier alpha value is -2.14. The largest absolute Gasteiger partial charge is 0.269 e. The van der Waals surface area contributed by atoms with E-state index in [9.17, 15) is 8.42 Å². The van der Waals surface area contributed by atoms with Gasteiger partial charge in [0.05, 0.1) is 15.9 Å². The van der Waals surface area contributed by atoms with Crippen LogP contribution in [-0.4, -0.2) is 17.4 Å². The maximum atomic E-state index is 13.2. The van der Waals surface area contributed by atoms with Crippen LogP contribution in [0.4, 0.5) is 0 Å².